The Morgan fingerprint density at radius 1 is 1.26 bits per heavy atom. The van der Waals surface area contributed by atoms with Gasteiger partial charge < -0.3 is 0 Å². The predicted molar refractivity (Wildman–Crippen MR) is 74.1 cm³/mol. The molecule has 0 heterocycles. The minimum atomic E-state index is -3.16. The molecule has 0 unspecified atom stereocenters. The van der Waals surface area contributed by atoms with E-state index in [-0.39, 0.29) is 5.75 Å². The number of nitrogens with zero attached hydrogens (tertiary/aromatic N) is 2. The minimum Gasteiger partial charge on any atom is -0.218 e. The monoisotopic (exact) mass is 295 g/mol. The summed E-state index contributed by atoms with van der Waals surface area (Å²) in [7, 11) is -1.77. The van der Waals surface area contributed by atoms with Crippen molar-refractivity contribution in [2.75, 3.05) is 18.6 Å². The van der Waals surface area contributed by atoms with E-state index in [1.165, 1.54) is 18.8 Å². The molecule has 1 aromatic rings. The highest BCUT2D eigenvalue weighted by Gasteiger charge is 2.07. The Morgan fingerprint density at radius 3 is 2.53 bits per heavy atom. The molecule has 0 saturated carbocycles. The van der Waals surface area contributed by atoms with Gasteiger partial charge in [-0.2, -0.15) is 10.5 Å². The molecule has 0 aromatic heterocycles. The van der Waals surface area contributed by atoms with Gasteiger partial charge in [-0.1, -0.05) is 0 Å². The van der Waals surface area contributed by atoms with Crippen LogP contribution in [-0.2, 0) is 10.0 Å². The Morgan fingerprint density at radius 2 is 1.95 bits per heavy atom. The lowest BCUT2D eigenvalue weighted by molar-refractivity contribution is 0.587. The first-order valence-electron chi connectivity index (χ1n) is 5.50. The summed E-state index contributed by atoms with van der Waals surface area (Å²) in [4.78, 5) is 0.859. The van der Waals surface area contributed by atoms with Crippen LogP contribution in [0.2, 0.25) is 0 Å². The van der Waals surface area contributed by atoms with E-state index in [0.29, 0.717) is 23.3 Å². The van der Waals surface area contributed by atoms with E-state index in [1.807, 2.05) is 12.1 Å². The van der Waals surface area contributed by atoms with E-state index < -0.39 is 10.0 Å². The lowest BCUT2D eigenvalue weighted by atomic mass is 10.1. The summed E-state index contributed by atoms with van der Waals surface area (Å²) in [6.07, 6.45) is 0.524. The van der Waals surface area contributed by atoms with Crippen LogP contribution in [0.1, 0.15) is 17.5 Å². The van der Waals surface area contributed by atoms with Crippen molar-refractivity contribution in [3.05, 3.63) is 29.3 Å². The molecular formula is C12H13N3O2S2. The lowest BCUT2D eigenvalue weighted by Crippen LogP contribution is -2.22. The maximum Gasteiger partial charge on any atom is 0.211 e. The average molecular weight is 295 g/mol. The highest BCUT2D eigenvalue weighted by Crippen LogP contribution is 2.21. The number of thioether (sulfide) groups is 1. The maximum atomic E-state index is 11.2. The third-order valence-corrected chi connectivity index (χ3v) is 4.90. The smallest absolute Gasteiger partial charge is 0.211 e. The third-order valence-electron chi connectivity index (χ3n) is 2.37. The van der Waals surface area contributed by atoms with E-state index in [4.69, 9.17) is 10.5 Å². The summed E-state index contributed by atoms with van der Waals surface area (Å²) < 4.78 is 24.6. The van der Waals surface area contributed by atoms with Crippen molar-refractivity contribution in [3.63, 3.8) is 0 Å². The quantitative estimate of drug-likeness (QED) is 0.633. The number of nitriles is 2. The van der Waals surface area contributed by atoms with Crippen LogP contribution in [0.3, 0.4) is 0 Å². The zero-order chi connectivity index (χ0) is 14.3. The third kappa shape index (κ3) is 4.92. The standard InChI is InChI=1S/C12H13N3O2S2/c1-15-19(16,17)6-2-5-18-12-4-3-10(8-13)11(7-12)9-14/h3-4,7,15H,2,5-6H2,1H3. The minimum absolute atomic E-state index is 0.0812. The molecule has 0 bridgehead atoms. The fourth-order valence-corrected chi connectivity index (χ4v) is 3.15. The number of hydrogen-bond donors (Lipinski definition) is 1. The summed E-state index contributed by atoms with van der Waals surface area (Å²) in [5, 5.41) is 17.7. The van der Waals surface area contributed by atoms with Gasteiger partial charge in [0.1, 0.15) is 12.1 Å². The molecule has 0 spiro atoms. The van der Waals surface area contributed by atoms with Crippen molar-refractivity contribution >= 4 is 21.8 Å². The first-order valence-corrected chi connectivity index (χ1v) is 8.14. The zero-order valence-electron chi connectivity index (χ0n) is 10.4. The van der Waals surface area contributed by atoms with Crippen LogP contribution in [0.15, 0.2) is 23.1 Å². The van der Waals surface area contributed by atoms with Crippen LogP contribution in [0.5, 0.6) is 0 Å². The van der Waals surface area contributed by atoms with Gasteiger partial charge in [0.05, 0.1) is 16.9 Å². The molecule has 100 valence electrons. The van der Waals surface area contributed by atoms with Crippen molar-refractivity contribution in [2.45, 2.75) is 11.3 Å². The summed E-state index contributed by atoms with van der Waals surface area (Å²) >= 11 is 1.47. The number of rotatable bonds is 6. The fraction of sp³-hybridized carbons (Fsp3) is 0.333. The first-order chi connectivity index (χ1) is 9.02. The zero-order valence-corrected chi connectivity index (χ0v) is 12.0. The summed E-state index contributed by atoms with van der Waals surface area (Å²) in [6.45, 7) is 0. The molecule has 0 aliphatic rings. The van der Waals surface area contributed by atoms with Gasteiger partial charge in [0.15, 0.2) is 0 Å². The summed E-state index contributed by atoms with van der Waals surface area (Å²) in [5.74, 6) is 0.718. The Bertz CT molecular complexity index is 627. The molecule has 0 aliphatic heterocycles. The molecular weight excluding hydrogens is 282 g/mol. The van der Waals surface area contributed by atoms with Crippen molar-refractivity contribution in [2.24, 2.45) is 0 Å². The van der Waals surface area contributed by atoms with Gasteiger partial charge in [-0.3, -0.25) is 0 Å². The van der Waals surface area contributed by atoms with Gasteiger partial charge in [0, 0.05) is 4.90 Å². The van der Waals surface area contributed by atoms with Crippen LogP contribution in [-0.4, -0.2) is 27.0 Å². The molecule has 0 fully saturated rings. The Kier molecular flexibility index (Phi) is 5.84. The van der Waals surface area contributed by atoms with E-state index >= 15 is 0 Å². The van der Waals surface area contributed by atoms with Gasteiger partial charge in [0.2, 0.25) is 10.0 Å². The molecule has 1 aromatic carbocycles. The molecule has 0 saturated heterocycles. The molecule has 1 N–H and O–H groups in total. The Labute approximate surface area is 117 Å². The number of sulfonamides is 1. The van der Waals surface area contributed by atoms with Crippen LogP contribution >= 0.6 is 11.8 Å². The average Bonchev–Trinajstić information content (AvgIpc) is 2.43. The molecule has 0 atom stereocenters. The number of nitrogens with one attached hydrogen (secondary N) is 1. The fourth-order valence-electron chi connectivity index (χ4n) is 1.34. The second kappa shape index (κ2) is 7.15. The van der Waals surface area contributed by atoms with Crippen LogP contribution in [0.25, 0.3) is 0 Å². The second-order valence-electron chi connectivity index (χ2n) is 3.66. The van der Waals surface area contributed by atoms with Gasteiger partial charge >= 0.3 is 0 Å². The van der Waals surface area contributed by atoms with Crippen molar-refractivity contribution < 1.29 is 8.42 Å². The molecule has 0 radical (unpaired) electrons. The molecule has 0 aliphatic carbocycles. The van der Waals surface area contributed by atoms with Crippen molar-refractivity contribution in [1.29, 1.82) is 10.5 Å². The second-order valence-corrected chi connectivity index (χ2v) is 6.87. The Hall–Kier alpha value is -1.54. The normalized spacial score (nSPS) is 10.7. The first kappa shape index (κ1) is 15.5. The molecule has 5 nitrogen and oxygen atoms in total. The molecule has 0 amide bonds. The van der Waals surface area contributed by atoms with Crippen LogP contribution < -0.4 is 4.72 Å². The van der Waals surface area contributed by atoms with E-state index in [9.17, 15) is 8.42 Å². The van der Waals surface area contributed by atoms with Gasteiger partial charge in [0.25, 0.3) is 0 Å². The van der Waals surface area contributed by atoms with E-state index in [0.717, 1.165) is 4.90 Å². The van der Waals surface area contributed by atoms with Crippen molar-refractivity contribution in [1.82, 2.24) is 4.72 Å². The summed E-state index contributed by atoms with van der Waals surface area (Å²) in [5.41, 5.74) is 0.694. The van der Waals surface area contributed by atoms with Gasteiger partial charge in [-0.15, -0.1) is 11.8 Å². The van der Waals surface area contributed by atoms with Crippen LogP contribution in [0, 0.1) is 22.7 Å². The van der Waals surface area contributed by atoms with E-state index in [1.54, 1.807) is 18.2 Å². The van der Waals surface area contributed by atoms with E-state index in [2.05, 4.69) is 4.72 Å². The molecule has 7 heteroatoms. The summed E-state index contributed by atoms with van der Waals surface area (Å²) in [6, 6.07) is 8.93. The van der Waals surface area contributed by atoms with Crippen LogP contribution in [0.4, 0.5) is 0 Å². The SMILES string of the molecule is CNS(=O)(=O)CCCSc1ccc(C#N)c(C#N)c1. The van der Waals surface area contributed by atoms with Gasteiger partial charge in [-0.25, -0.2) is 13.1 Å². The maximum absolute atomic E-state index is 11.2. The van der Waals surface area contributed by atoms with Crippen molar-refractivity contribution in [3.8, 4) is 12.1 Å². The molecule has 19 heavy (non-hydrogen) atoms. The molecule has 1 rings (SSSR count). The number of benzene rings is 1. The number of hydrogen-bond acceptors (Lipinski definition) is 5. The Balaban J connectivity index is 2.56. The lowest BCUT2D eigenvalue weighted by Gasteiger charge is -2.04. The highest BCUT2D eigenvalue weighted by molar-refractivity contribution is 7.99. The van der Waals surface area contributed by atoms with Gasteiger partial charge in [-0.05, 0) is 37.4 Å². The highest BCUT2D eigenvalue weighted by atomic mass is 32.2. The topological polar surface area (TPSA) is 93.8 Å². The predicted octanol–water partition coefficient (Wildman–Crippen LogP) is 1.46. The largest absolute Gasteiger partial charge is 0.218 e.